The fourth-order valence-corrected chi connectivity index (χ4v) is 5.70. The van der Waals surface area contributed by atoms with E-state index >= 15 is 0 Å². The molecule has 3 heterocycles. The van der Waals surface area contributed by atoms with Gasteiger partial charge in [-0.3, -0.25) is 19.4 Å². The highest BCUT2D eigenvalue weighted by Crippen LogP contribution is 2.30. The molecule has 0 spiro atoms. The molecule has 2 aromatic rings. The molecule has 10 heteroatoms. The molecule has 0 radical (unpaired) electrons. The Labute approximate surface area is 210 Å². The normalized spacial score (nSPS) is 19.2. The number of anilines is 1. The van der Waals surface area contributed by atoms with Crippen LogP contribution in [0.3, 0.4) is 0 Å². The zero-order valence-electron chi connectivity index (χ0n) is 20.1. The first-order valence-corrected chi connectivity index (χ1v) is 13.1. The fourth-order valence-electron chi connectivity index (χ4n) is 4.74. The van der Waals surface area contributed by atoms with Crippen LogP contribution in [0.25, 0.3) is 0 Å². The van der Waals surface area contributed by atoms with Gasteiger partial charge in [0.2, 0.25) is 0 Å². The number of morpholine rings is 1. The summed E-state index contributed by atoms with van der Waals surface area (Å²) in [6, 6.07) is 10.6. The molecule has 2 saturated heterocycles. The lowest BCUT2D eigenvalue weighted by Gasteiger charge is -2.42. The highest BCUT2D eigenvalue weighted by molar-refractivity contribution is 7.10. The summed E-state index contributed by atoms with van der Waals surface area (Å²) in [5, 5.41) is 7.66. The Kier molecular flexibility index (Phi) is 9.08. The molecule has 190 valence electrons. The van der Waals surface area contributed by atoms with E-state index in [0.29, 0.717) is 45.1 Å². The summed E-state index contributed by atoms with van der Waals surface area (Å²) in [5.41, 5.74) is 0.620. The monoisotopic (exact) mass is 503 g/mol. The number of para-hydroxylation sites is 1. The predicted molar refractivity (Wildman–Crippen MR) is 135 cm³/mol. The Hall–Kier alpha value is -2.53. The molecule has 0 aliphatic carbocycles. The van der Waals surface area contributed by atoms with Gasteiger partial charge in [-0.1, -0.05) is 18.2 Å². The average molecular weight is 504 g/mol. The van der Waals surface area contributed by atoms with Gasteiger partial charge in [-0.15, -0.1) is 11.3 Å². The number of benzene rings is 1. The minimum atomic E-state index is -0.619. The van der Waals surface area contributed by atoms with Crippen molar-refractivity contribution < 1.29 is 18.7 Å². The molecular formula is C25H34FN5O3S. The van der Waals surface area contributed by atoms with Crippen molar-refractivity contribution in [3.8, 4) is 0 Å². The zero-order chi connectivity index (χ0) is 24.6. The maximum atomic E-state index is 14.2. The number of hydrogen-bond donors (Lipinski definition) is 2. The maximum Gasteiger partial charge on any atom is 0.309 e. The van der Waals surface area contributed by atoms with Crippen LogP contribution in [-0.2, 0) is 14.3 Å². The third kappa shape index (κ3) is 6.78. The van der Waals surface area contributed by atoms with Crippen molar-refractivity contribution in [1.29, 1.82) is 0 Å². The molecule has 2 N–H and O–H groups in total. The van der Waals surface area contributed by atoms with E-state index in [9.17, 15) is 14.0 Å². The van der Waals surface area contributed by atoms with Crippen LogP contribution in [0.15, 0.2) is 41.8 Å². The second kappa shape index (κ2) is 12.4. The first-order valence-electron chi connectivity index (χ1n) is 12.2. The number of nitrogens with one attached hydrogen (secondary N) is 2. The van der Waals surface area contributed by atoms with E-state index in [1.54, 1.807) is 17.4 Å². The molecule has 35 heavy (non-hydrogen) atoms. The third-order valence-electron chi connectivity index (χ3n) is 6.59. The van der Waals surface area contributed by atoms with E-state index < -0.39 is 11.8 Å². The number of carbonyl (C=O) groups excluding carboxylic acids is 2. The van der Waals surface area contributed by atoms with Crippen molar-refractivity contribution in [3.63, 3.8) is 0 Å². The van der Waals surface area contributed by atoms with Gasteiger partial charge in [0.05, 0.1) is 24.9 Å². The molecular weight excluding hydrogens is 469 g/mol. The molecule has 8 nitrogen and oxygen atoms in total. The van der Waals surface area contributed by atoms with Gasteiger partial charge in [0, 0.05) is 63.3 Å². The summed E-state index contributed by atoms with van der Waals surface area (Å²) < 4.78 is 19.6. The van der Waals surface area contributed by atoms with Gasteiger partial charge in [0.1, 0.15) is 5.82 Å². The molecule has 1 aromatic carbocycles. The minimum absolute atomic E-state index is 0.0668. The number of rotatable bonds is 8. The molecule has 2 fully saturated rings. The van der Waals surface area contributed by atoms with Gasteiger partial charge >= 0.3 is 11.8 Å². The molecule has 2 amide bonds. The summed E-state index contributed by atoms with van der Waals surface area (Å²) in [6.45, 7) is 8.96. The quantitative estimate of drug-likeness (QED) is 0.534. The molecule has 0 saturated carbocycles. The zero-order valence-corrected chi connectivity index (χ0v) is 20.9. The van der Waals surface area contributed by atoms with Crippen molar-refractivity contribution in [3.05, 3.63) is 52.5 Å². The van der Waals surface area contributed by atoms with Crippen molar-refractivity contribution in [2.45, 2.75) is 19.0 Å². The highest BCUT2D eigenvalue weighted by Gasteiger charge is 2.32. The first-order chi connectivity index (χ1) is 17.0. The SMILES string of the molecule is C[C@@H](NC(=O)C(=O)NCCN1CCOCC1)[C@H](c1cccs1)N1CCN(c2ccccc2F)CC1. The third-order valence-corrected chi connectivity index (χ3v) is 7.53. The number of piperazine rings is 1. The molecule has 0 bridgehead atoms. The summed E-state index contributed by atoms with van der Waals surface area (Å²) in [7, 11) is 0. The van der Waals surface area contributed by atoms with E-state index in [1.165, 1.54) is 6.07 Å². The minimum Gasteiger partial charge on any atom is -0.379 e. The van der Waals surface area contributed by atoms with Gasteiger partial charge in [0.25, 0.3) is 0 Å². The Morgan fingerprint density at radius 1 is 1.03 bits per heavy atom. The van der Waals surface area contributed by atoms with E-state index in [1.807, 2.05) is 30.5 Å². The van der Waals surface area contributed by atoms with Crippen molar-refractivity contribution in [2.75, 3.05) is 70.5 Å². The molecule has 2 aliphatic heterocycles. The molecule has 2 aliphatic rings. The predicted octanol–water partition coefficient (Wildman–Crippen LogP) is 1.70. The number of ether oxygens (including phenoxy) is 1. The van der Waals surface area contributed by atoms with Crippen molar-refractivity contribution in [1.82, 2.24) is 20.4 Å². The van der Waals surface area contributed by atoms with E-state index in [4.69, 9.17) is 4.74 Å². The number of hydrogen-bond acceptors (Lipinski definition) is 7. The molecule has 0 unspecified atom stereocenters. The van der Waals surface area contributed by atoms with E-state index in [0.717, 1.165) is 31.1 Å². The lowest BCUT2D eigenvalue weighted by molar-refractivity contribution is -0.139. The van der Waals surface area contributed by atoms with Gasteiger partial charge in [-0.25, -0.2) is 4.39 Å². The second-order valence-corrected chi connectivity index (χ2v) is 9.89. The Morgan fingerprint density at radius 2 is 1.77 bits per heavy atom. The highest BCUT2D eigenvalue weighted by atomic mass is 32.1. The standard InChI is InChI=1S/C25H34FN5O3S/c1-19(28-25(33)24(32)27-8-9-29-14-16-34-17-15-29)23(22-7-4-18-35-22)31-12-10-30(11-13-31)21-6-3-2-5-20(21)26/h2-7,18-19,23H,8-17H2,1H3,(H,27,32)(H,28,33)/t19-,23-/m1/s1. The summed E-state index contributed by atoms with van der Waals surface area (Å²) in [4.78, 5) is 32.8. The largest absolute Gasteiger partial charge is 0.379 e. The Balaban J connectivity index is 1.32. The van der Waals surface area contributed by atoms with Gasteiger partial charge < -0.3 is 20.3 Å². The van der Waals surface area contributed by atoms with Crippen LogP contribution in [0.1, 0.15) is 17.8 Å². The van der Waals surface area contributed by atoms with E-state index in [2.05, 4.69) is 31.4 Å². The number of halogens is 1. The van der Waals surface area contributed by atoms with Crippen LogP contribution < -0.4 is 15.5 Å². The Morgan fingerprint density at radius 3 is 2.46 bits per heavy atom. The number of carbonyl (C=O) groups is 2. The molecule has 1 aromatic heterocycles. The van der Waals surface area contributed by atoms with Crippen LogP contribution in [0.4, 0.5) is 10.1 Å². The second-order valence-electron chi connectivity index (χ2n) is 8.91. The first kappa shape index (κ1) is 25.6. The lowest BCUT2D eigenvalue weighted by atomic mass is 10.0. The van der Waals surface area contributed by atoms with Crippen molar-refractivity contribution >= 4 is 28.8 Å². The smallest absolute Gasteiger partial charge is 0.309 e. The van der Waals surface area contributed by atoms with Gasteiger partial charge in [-0.05, 0) is 30.5 Å². The van der Waals surface area contributed by atoms with Crippen LogP contribution in [0.2, 0.25) is 0 Å². The van der Waals surface area contributed by atoms with Crippen molar-refractivity contribution in [2.24, 2.45) is 0 Å². The molecule has 2 atom stereocenters. The van der Waals surface area contributed by atoms with Crippen LogP contribution in [-0.4, -0.2) is 93.2 Å². The molecule has 4 rings (SSSR count). The van der Waals surface area contributed by atoms with Gasteiger partial charge in [0.15, 0.2) is 0 Å². The number of nitrogens with zero attached hydrogens (tertiary/aromatic N) is 3. The average Bonchev–Trinajstić information content (AvgIpc) is 3.40. The summed E-state index contributed by atoms with van der Waals surface area (Å²) in [6.07, 6.45) is 0. The maximum absolute atomic E-state index is 14.2. The number of amides is 2. The van der Waals surface area contributed by atoms with Gasteiger partial charge in [-0.2, -0.15) is 0 Å². The lowest BCUT2D eigenvalue weighted by Crippen LogP contribution is -2.54. The number of thiophene rings is 1. The van der Waals surface area contributed by atoms with Crippen LogP contribution in [0, 0.1) is 5.82 Å². The van der Waals surface area contributed by atoms with E-state index in [-0.39, 0.29) is 17.9 Å². The fraction of sp³-hybridized carbons (Fsp3) is 0.520. The Bertz CT molecular complexity index is 962. The van der Waals surface area contributed by atoms with Crippen LogP contribution >= 0.6 is 11.3 Å². The van der Waals surface area contributed by atoms with Crippen LogP contribution in [0.5, 0.6) is 0 Å². The topological polar surface area (TPSA) is 77.1 Å². The summed E-state index contributed by atoms with van der Waals surface area (Å²) >= 11 is 1.63. The summed E-state index contributed by atoms with van der Waals surface area (Å²) in [5.74, 6) is -1.44.